The van der Waals surface area contributed by atoms with Gasteiger partial charge in [0.15, 0.2) is 0 Å². The van der Waals surface area contributed by atoms with Gasteiger partial charge in [-0.15, -0.1) is 0 Å². The van der Waals surface area contributed by atoms with E-state index >= 15 is 0 Å². The van der Waals surface area contributed by atoms with Crippen LogP contribution in [0.1, 0.15) is 30.0 Å². The van der Waals surface area contributed by atoms with Crippen molar-refractivity contribution in [2.45, 2.75) is 39.7 Å². The number of hydrogen-bond donors (Lipinski definition) is 2. The highest BCUT2D eigenvalue weighted by Crippen LogP contribution is 2.13. The molecule has 2 N–H and O–H groups in total. The molecule has 0 aliphatic heterocycles. The van der Waals surface area contributed by atoms with Gasteiger partial charge < -0.3 is 15.2 Å². The van der Waals surface area contributed by atoms with Gasteiger partial charge in [-0.3, -0.25) is 4.79 Å². The summed E-state index contributed by atoms with van der Waals surface area (Å²) in [6.45, 7) is 6.91. The molecule has 0 spiro atoms. The highest BCUT2D eigenvalue weighted by atomic mass is 16.5. The van der Waals surface area contributed by atoms with Crippen LogP contribution in [0.15, 0.2) is 18.2 Å². The third-order valence-corrected chi connectivity index (χ3v) is 3.32. The van der Waals surface area contributed by atoms with Gasteiger partial charge in [0.05, 0.1) is 19.6 Å². The molecule has 0 saturated heterocycles. The minimum absolute atomic E-state index is 0.0108. The normalized spacial score (nSPS) is 12.2. The number of ether oxygens (including phenoxy) is 1. The van der Waals surface area contributed by atoms with Crippen molar-refractivity contribution in [2.24, 2.45) is 0 Å². The van der Waals surface area contributed by atoms with Crippen LogP contribution in [0.3, 0.4) is 0 Å². The number of aliphatic hydroxyl groups is 1. The summed E-state index contributed by atoms with van der Waals surface area (Å²) in [7, 11) is 0. The first kappa shape index (κ1) is 16.7. The van der Waals surface area contributed by atoms with Crippen LogP contribution in [0.2, 0.25) is 0 Å². The third kappa shape index (κ3) is 5.72. The Labute approximate surface area is 121 Å². The van der Waals surface area contributed by atoms with Crippen LogP contribution in [0.5, 0.6) is 0 Å². The molecule has 1 rings (SSSR count). The minimum atomic E-state index is -0.202. The lowest BCUT2D eigenvalue weighted by Gasteiger charge is -2.18. The smallest absolute Gasteiger partial charge is 0.307 e. The van der Waals surface area contributed by atoms with Gasteiger partial charge in [0.1, 0.15) is 0 Å². The molecule has 0 heterocycles. The minimum Gasteiger partial charge on any atom is -0.466 e. The fourth-order valence-corrected chi connectivity index (χ4v) is 2.12. The zero-order chi connectivity index (χ0) is 15.0. The fraction of sp³-hybridized carbons (Fsp3) is 0.562. The predicted molar refractivity (Wildman–Crippen MR) is 79.7 cm³/mol. The molecule has 0 aliphatic carbocycles. The van der Waals surface area contributed by atoms with Crippen molar-refractivity contribution >= 4 is 5.97 Å². The number of esters is 1. The Balaban J connectivity index is 2.67. The van der Waals surface area contributed by atoms with E-state index in [1.165, 1.54) is 16.7 Å². The molecule has 20 heavy (non-hydrogen) atoms. The summed E-state index contributed by atoms with van der Waals surface area (Å²) < 4.78 is 4.99. The maximum Gasteiger partial charge on any atom is 0.307 e. The molecule has 0 aromatic heterocycles. The van der Waals surface area contributed by atoms with Crippen molar-refractivity contribution in [3.8, 4) is 0 Å². The molecule has 1 atom stereocenters. The van der Waals surface area contributed by atoms with Gasteiger partial charge in [-0.05, 0) is 43.9 Å². The quantitative estimate of drug-likeness (QED) is 0.712. The molecule has 0 saturated carbocycles. The maximum atomic E-state index is 11.6. The second-order valence-electron chi connectivity index (χ2n) is 5.01. The lowest BCUT2D eigenvalue weighted by Crippen LogP contribution is -2.35. The number of benzene rings is 1. The average molecular weight is 279 g/mol. The summed E-state index contributed by atoms with van der Waals surface area (Å²) in [5, 5.41) is 12.1. The Morgan fingerprint density at radius 1 is 1.35 bits per heavy atom. The van der Waals surface area contributed by atoms with Crippen LogP contribution in [0, 0.1) is 13.8 Å². The lowest BCUT2D eigenvalue weighted by molar-refractivity contribution is -0.143. The molecular weight excluding hydrogens is 254 g/mol. The molecule has 112 valence electrons. The predicted octanol–water partition coefficient (Wildman–Crippen LogP) is 1.75. The lowest BCUT2D eigenvalue weighted by atomic mass is 9.99. The Morgan fingerprint density at radius 3 is 2.70 bits per heavy atom. The van der Waals surface area contributed by atoms with Crippen molar-refractivity contribution in [3.63, 3.8) is 0 Å². The SMILES string of the molecule is CCOC(=O)CC(Cc1ccc(C)c(C)c1)NCCO. The summed E-state index contributed by atoms with van der Waals surface area (Å²) in [5.41, 5.74) is 3.70. The zero-order valence-electron chi connectivity index (χ0n) is 12.6. The van der Waals surface area contributed by atoms with E-state index in [9.17, 15) is 4.79 Å². The second-order valence-corrected chi connectivity index (χ2v) is 5.01. The Bertz CT molecular complexity index is 432. The molecule has 1 aromatic rings. The van der Waals surface area contributed by atoms with E-state index in [4.69, 9.17) is 9.84 Å². The molecule has 0 aliphatic rings. The van der Waals surface area contributed by atoms with Crippen LogP contribution in [-0.2, 0) is 16.0 Å². The van der Waals surface area contributed by atoms with Gasteiger partial charge in [-0.25, -0.2) is 0 Å². The summed E-state index contributed by atoms with van der Waals surface area (Å²) >= 11 is 0. The first-order chi connectivity index (χ1) is 9.56. The molecule has 0 radical (unpaired) electrons. The summed E-state index contributed by atoms with van der Waals surface area (Å²) in [6.07, 6.45) is 1.07. The van der Waals surface area contributed by atoms with E-state index < -0.39 is 0 Å². The fourth-order valence-electron chi connectivity index (χ4n) is 2.12. The first-order valence-electron chi connectivity index (χ1n) is 7.12. The van der Waals surface area contributed by atoms with Gasteiger partial charge >= 0.3 is 5.97 Å². The number of aliphatic hydroxyl groups excluding tert-OH is 1. The number of carbonyl (C=O) groups is 1. The zero-order valence-corrected chi connectivity index (χ0v) is 12.6. The van der Waals surface area contributed by atoms with Crippen molar-refractivity contribution in [1.29, 1.82) is 0 Å². The summed E-state index contributed by atoms with van der Waals surface area (Å²) in [5.74, 6) is -0.202. The van der Waals surface area contributed by atoms with Gasteiger partial charge in [-0.1, -0.05) is 18.2 Å². The number of aryl methyl sites for hydroxylation is 2. The van der Waals surface area contributed by atoms with E-state index in [1.54, 1.807) is 6.92 Å². The van der Waals surface area contributed by atoms with Crippen LogP contribution >= 0.6 is 0 Å². The van der Waals surface area contributed by atoms with Crippen molar-refractivity contribution in [1.82, 2.24) is 5.32 Å². The van der Waals surface area contributed by atoms with Crippen LogP contribution in [0.25, 0.3) is 0 Å². The Hall–Kier alpha value is -1.39. The Kier molecular flexibility index (Phi) is 7.26. The van der Waals surface area contributed by atoms with Gasteiger partial charge in [0.25, 0.3) is 0 Å². The molecule has 4 heteroatoms. The standard InChI is InChI=1S/C16H25NO3/c1-4-20-16(19)11-15(17-7-8-18)10-14-6-5-12(2)13(3)9-14/h5-6,9,15,17-18H,4,7-8,10-11H2,1-3H3. The number of hydrogen-bond acceptors (Lipinski definition) is 4. The van der Waals surface area contributed by atoms with E-state index in [0.717, 1.165) is 6.42 Å². The highest BCUT2D eigenvalue weighted by molar-refractivity contribution is 5.70. The van der Waals surface area contributed by atoms with Crippen molar-refractivity contribution < 1.29 is 14.6 Å². The number of nitrogens with one attached hydrogen (secondary N) is 1. The monoisotopic (exact) mass is 279 g/mol. The van der Waals surface area contributed by atoms with Gasteiger partial charge in [-0.2, -0.15) is 0 Å². The Morgan fingerprint density at radius 2 is 2.10 bits per heavy atom. The van der Waals surface area contributed by atoms with Crippen molar-refractivity contribution in [2.75, 3.05) is 19.8 Å². The van der Waals surface area contributed by atoms with E-state index in [0.29, 0.717) is 19.6 Å². The van der Waals surface area contributed by atoms with E-state index in [-0.39, 0.29) is 18.6 Å². The van der Waals surface area contributed by atoms with E-state index in [1.807, 2.05) is 0 Å². The molecular formula is C16H25NO3. The van der Waals surface area contributed by atoms with Crippen molar-refractivity contribution in [3.05, 3.63) is 34.9 Å². The number of carbonyl (C=O) groups excluding carboxylic acids is 1. The first-order valence-corrected chi connectivity index (χ1v) is 7.12. The van der Waals surface area contributed by atoms with Gasteiger partial charge in [0.2, 0.25) is 0 Å². The molecule has 0 bridgehead atoms. The van der Waals surface area contributed by atoms with Gasteiger partial charge in [0, 0.05) is 12.6 Å². The molecule has 4 nitrogen and oxygen atoms in total. The average Bonchev–Trinajstić information content (AvgIpc) is 2.40. The van der Waals surface area contributed by atoms with Crippen LogP contribution in [0.4, 0.5) is 0 Å². The summed E-state index contributed by atoms with van der Waals surface area (Å²) in [6, 6.07) is 6.32. The molecule has 1 aromatic carbocycles. The number of rotatable bonds is 8. The molecule has 0 fully saturated rings. The molecule has 1 unspecified atom stereocenters. The maximum absolute atomic E-state index is 11.6. The highest BCUT2D eigenvalue weighted by Gasteiger charge is 2.15. The topological polar surface area (TPSA) is 58.6 Å². The van der Waals surface area contributed by atoms with E-state index in [2.05, 4.69) is 37.4 Å². The summed E-state index contributed by atoms with van der Waals surface area (Å²) in [4.78, 5) is 11.6. The largest absolute Gasteiger partial charge is 0.466 e. The van der Waals surface area contributed by atoms with Crippen LogP contribution < -0.4 is 5.32 Å². The second kappa shape index (κ2) is 8.72. The third-order valence-electron chi connectivity index (χ3n) is 3.32. The van der Waals surface area contributed by atoms with Crippen LogP contribution in [-0.4, -0.2) is 36.9 Å². The molecule has 0 amide bonds.